The van der Waals surface area contributed by atoms with Crippen molar-refractivity contribution in [2.75, 3.05) is 32.2 Å². The molecule has 0 radical (unpaired) electrons. The molecular weight excluding hydrogens is 500 g/mol. The highest BCUT2D eigenvalue weighted by Gasteiger charge is 2.38. The van der Waals surface area contributed by atoms with Gasteiger partial charge in [-0.25, -0.2) is 8.78 Å². The molecule has 1 aliphatic heterocycles. The molecule has 2 N–H and O–H groups in total. The number of hydrogen-bond acceptors (Lipinski definition) is 6. The van der Waals surface area contributed by atoms with E-state index in [0.717, 1.165) is 23.8 Å². The maximum Gasteiger partial charge on any atom is 0.293 e. The lowest BCUT2D eigenvalue weighted by molar-refractivity contribution is -0.121. The van der Waals surface area contributed by atoms with Crippen molar-refractivity contribution in [1.29, 1.82) is 0 Å². The summed E-state index contributed by atoms with van der Waals surface area (Å²) < 4.78 is 45.7. The van der Waals surface area contributed by atoms with Crippen LogP contribution in [0.1, 0.15) is 54.1 Å². The van der Waals surface area contributed by atoms with E-state index < -0.39 is 40.5 Å². The summed E-state index contributed by atoms with van der Waals surface area (Å²) in [6.07, 6.45) is 0.410. The van der Waals surface area contributed by atoms with E-state index in [1.54, 1.807) is 32.0 Å². The number of methoxy groups -OCH3 is 1. The number of hydrogen-bond donors (Lipinski definition) is 2. The smallest absolute Gasteiger partial charge is 0.293 e. The summed E-state index contributed by atoms with van der Waals surface area (Å²) in [5, 5.41) is 4.62. The molecule has 0 saturated heterocycles. The summed E-state index contributed by atoms with van der Waals surface area (Å²) in [4.78, 5) is 39.6. The zero-order chi connectivity index (χ0) is 27.6. The average molecular weight is 530 g/mol. The number of nitrogens with zero attached hydrogens (tertiary/aromatic N) is 1. The molecule has 1 atom stereocenters. The third-order valence-corrected chi connectivity index (χ3v) is 6.39. The first kappa shape index (κ1) is 27.1. The SMILES string of the molecule is CCOc1ccc2c(c1)CCN(C(=O)c1cc(=O)[nH]o1)C2C(=O)Nc1cc(F)c(C(C)(C)COC)c(F)c1. The minimum Gasteiger partial charge on any atom is -0.494 e. The molecule has 38 heavy (non-hydrogen) atoms. The highest BCUT2D eigenvalue weighted by molar-refractivity contribution is 6.01. The van der Waals surface area contributed by atoms with Crippen LogP contribution in [-0.2, 0) is 21.4 Å². The number of benzene rings is 2. The normalized spacial score (nSPS) is 15.2. The number of carbonyl (C=O) groups is 2. The Morgan fingerprint density at radius 2 is 1.89 bits per heavy atom. The molecule has 1 aliphatic rings. The molecule has 0 fully saturated rings. The van der Waals surface area contributed by atoms with E-state index in [4.69, 9.17) is 14.0 Å². The fourth-order valence-electron chi connectivity index (χ4n) is 4.83. The number of nitrogens with one attached hydrogen (secondary N) is 2. The number of aromatic nitrogens is 1. The largest absolute Gasteiger partial charge is 0.494 e. The van der Waals surface area contributed by atoms with E-state index in [-0.39, 0.29) is 30.2 Å². The first-order valence-electron chi connectivity index (χ1n) is 12.1. The topological polar surface area (TPSA) is 114 Å². The van der Waals surface area contributed by atoms with Crippen molar-refractivity contribution in [3.05, 3.63) is 80.8 Å². The monoisotopic (exact) mass is 529 g/mol. The van der Waals surface area contributed by atoms with Crippen LogP contribution in [0.15, 0.2) is 45.7 Å². The molecule has 1 unspecified atom stereocenters. The highest BCUT2D eigenvalue weighted by atomic mass is 19.1. The third kappa shape index (κ3) is 5.33. The molecule has 0 saturated carbocycles. The summed E-state index contributed by atoms with van der Waals surface area (Å²) >= 11 is 0. The van der Waals surface area contributed by atoms with E-state index in [1.165, 1.54) is 12.0 Å². The predicted octanol–water partition coefficient (Wildman–Crippen LogP) is 3.95. The summed E-state index contributed by atoms with van der Waals surface area (Å²) in [5.74, 6) is -2.70. The molecule has 2 aromatic carbocycles. The Morgan fingerprint density at radius 1 is 1.18 bits per heavy atom. The van der Waals surface area contributed by atoms with Gasteiger partial charge in [-0.15, -0.1) is 0 Å². The van der Waals surface area contributed by atoms with Gasteiger partial charge < -0.3 is 24.2 Å². The van der Waals surface area contributed by atoms with Gasteiger partial charge in [-0.3, -0.25) is 14.4 Å². The van der Waals surface area contributed by atoms with Crippen LogP contribution in [-0.4, -0.2) is 48.7 Å². The standard InChI is InChI=1S/C27H29F2N3O6/c1-5-37-17-6-7-18-15(10-17)8-9-32(26(35)21-13-22(33)31-38-21)24(18)25(34)30-16-11-19(28)23(20(29)12-16)27(2,3)14-36-4/h6-7,10-13,24H,5,8-9,14H2,1-4H3,(H,30,34)(H,31,33). The van der Waals surface area contributed by atoms with Gasteiger partial charge in [0, 0.05) is 30.3 Å². The van der Waals surface area contributed by atoms with Crippen LogP contribution in [0, 0.1) is 11.6 Å². The lowest BCUT2D eigenvalue weighted by Crippen LogP contribution is -2.45. The molecular formula is C27H29F2N3O6. The number of H-pyrrole nitrogens is 1. The number of carbonyl (C=O) groups excluding carboxylic acids is 2. The number of halogens is 2. The van der Waals surface area contributed by atoms with Crippen LogP contribution in [0.4, 0.5) is 14.5 Å². The first-order valence-corrected chi connectivity index (χ1v) is 12.1. The zero-order valence-corrected chi connectivity index (χ0v) is 21.5. The van der Waals surface area contributed by atoms with Gasteiger partial charge >= 0.3 is 0 Å². The van der Waals surface area contributed by atoms with E-state index in [2.05, 4.69) is 10.5 Å². The summed E-state index contributed by atoms with van der Waals surface area (Å²) in [7, 11) is 1.44. The van der Waals surface area contributed by atoms with Crippen molar-refractivity contribution < 1.29 is 32.4 Å². The lowest BCUT2D eigenvalue weighted by atomic mass is 9.84. The second-order valence-corrected chi connectivity index (χ2v) is 9.64. The fourth-order valence-corrected chi connectivity index (χ4v) is 4.83. The van der Waals surface area contributed by atoms with Crippen molar-refractivity contribution in [3.63, 3.8) is 0 Å². The van der Waals surface area contributed by atoms with Gasteiger partial charge in [0.25, 0.3) is 17.4 Å². The van der Waals surface area contributed by atoms with Gasteiger partial charge in [0.1, 0.15) is 23.4 Å². The van der Waals surface area contributed by atoms with E-state index in [0.29, 0.717) is 24.3 Å². The molecule has 11 heteroatoms. The minimum atomic E-state index is -1.17. The molecule has 0 bridgehead atoms. The van der Waals surface area contributed by atoms with Crippen molar-refractivity contribution >= 4 is 17.5 Å². The Morgan fingerprint density at radius 3 is 2.50 bits per heavy atom. The number of aromatic amines is 1. The Labute approximate surface area is 217 Å². The Bertz CT molecular complexity index is 1390. The van der Waals surface area contributed by atoms with Crippen LogP contribution < -0.4 is 15.6 Å². The third-order valence-electron chi connectivity index (χ3n) is 6.39. The summed E-state index contributed by atoms with van der Waals surface area (Å²) in [6.45, 7) is 5.81. The van der Waals surface area contributed by atoms with Gasteiger partial charge in [-0.2, -0.15) is 5.16 Å². The number of anilines is 1. The second-order valence-electron chi connectivity index (χ2n) is 9.64. The Balaban J connectivity index is 1.70. The molecule has 4 rings (SSSR count). The summed E-state index contributed by atoms with van der Waals surface area (Å²) in [6, 6.07) is 7.05. The molecule has 0 aliphatic carbocycles. The molecule has 202 valence electrons. The number of amides is 2. The zero-order valence-electron chi connectivity index (χ0n) is 21.5. The van der Waals surface area contributed by atoms with Gasteiger partial charge in [0.05, 0.1) is 19.3 Å². The van der Waals surface area contributed by atoms with Crippen LogP contribution in [0.3, 0.4) is 0 Å². The van der Waals surface area contributed by atoms with Gasteiger partial charge in [-0.05, 0) is 48.7 Å². The van der Waals surface area contributed by atoms with Crippen molar-refractivity contribution in [2.24, 2.45) is 0 Å². The Kier molecular flexibility index (Phi) is 7.68. The summed E-state index contributed by atoms with van der Waals surface area (Å²) in [5.41, 5.74) is -0.526. The maximum absolute atomic E-state index is 15.0. The van der Waals surface area contributed by atoms with E-state index in [9.17, 15) is 14.4 Å². The molecule has 2 amide bonds. The second kappa shape index (κ2) is 10.8. The molecule has 2 heterocycles. The van der Waals surface area contributed by atoms with Crippen molar-refractivity contribution in [2.45, 2.75) is 38.6 Å². The van der Waals surface area contributed by atoms with Crippen molar-refractivity contribution in [1.82, 2.24) is 10.1 Å². The quantitative estimate of drug-likeness (QED) is 0.457. The number of rotatable bonds is 8. The molecule has 1 aromatic heterocycles. The lowest BCUT2D eigenvalue weighted by Gasteiger charge is -2.36. The van der Waals surface area contributed by atoms with Gasteiger partial charge in [-0.1, -0.05) is 19.9 Å². The molecule has 9 nitrogen and oxygen atoms in total. The van der Waals surface area contributed by atoms with E-state index >= 15 is 8.78 Å². The molecule has 0 spiro atoms. The minimum absolute atomic E-state index is 0.0848. The fraction of sp³-hybridized carbons (Fsp3) is 0.370. The van der Waals surface area contributed by atoms with Crippen LogP contribution in [0.25, 0.3) is 0 Å². The van der Waals surface area contributed by atoms with Gasteiger partial charge in [0.15, 0.2) is 0 Å². The average Bonchev–Trinajstić information content (AvgIpc) is 3.28. The van der Waals surface area contributed by atoms with Crippen LogP contribution in [0.5, 0.6) is 5.75 Å². The Hall–Kier alpha value is -3.99. The predicted molar refractivity (Wildman–Crippen MR) is 134 cm³/mol. The van der Waals surface area contributed by atoms with Crippen molar-refractivity contribution in [3.8, 4) is 5.75 Å². The van der Waals surface area contributed by atoms with Crippen LogP contribution >= 0.6 is 0 Å². The highest BCUT2D eigenvalue weighted by Crippen LogP contribution is 2.35. The number of ether oxygens (including phenoxy) is 2. The van der Waals surface area contributed by atoms with Crippen LogP contribution in [0.2, 0.25) is 0 Å². The molecule has 3 aromatic rings. The van der Waals surface area contributed by atoms with E-state index in [1.807, 2.05) is 6.92 Å². The number of fused-ring (bicyclic) bond motifs is 1. The maximum atomic E-state index is 15.0. The first-order chi connectivity index (χ1) is 18.1. The van der Waals surface area contributed by atoms with Gasteiger partial charge in [0.2, 0.25) is 5.76 Å².